The quantitative estimate of drug-likeness (QED) is 0.862. The predicted molar refractivity (Wildman–Crippen MR) is 90.4 cm³/mol. The number of rotatable bonds is 5. The number of ether oxygens (including phenoxy) is 1. The van der Waals surface area contributed by atoms with E-state index >= 15 is 0 Å². The molecule has 0 unspecified atom stereocenters. The molecule has 1 N–H and O–H groups in total. The van der Waals surface area contributed by atoms with E-state index in [1.807, 2.05) is 63.2 Å². The zero-order chi connectivity index (χ0) is 16.8. The number of carbonyl (C=O) groups excluding carboxylic acids is 2. The first-order valence-corrected chi connectivity index (χ1v) is 7.53. The van der Waals surface area contributed by atoms with Gasteiger partial charge < -0.3 is 10.1 Å². The highest BCUT2D eigenvalue weighted by atomic mass is 16.5. The van der Waals surface area contributed by atoms with E-state index in [4.69, 9.17) is 4.74 Å². The van der Waals surface area contributed by atoms with Gasteiger partial charge in [-0.15, -0.1) is 0 Å². The molecule has 0 atom stereocenters. The number of hydrogen-bond donors (Lipinski definition) is 1. The Morgan fingerprint density at radius 3 is 2.17 bits per heavy atom. The van der Waals surface area contributed by atoms with Gasteiger partial charge in [0.05, 0.1) is 6.42 Å². The van der Waals surface area contributed by atoms with Crippen LogP contribution in [-0.4, -0.2) is 18.5 Å². The molecule has 0 aliphatic carbocycles. The molecule has 1 amide bonds. The topological polar surface area (TPSA) is 55.4 Å². The van der Waals surface area contributed by atoms with Crippen LogP contribution in [0, 0.1) is 20.8 Å². The normalized spacial score (nSPS) is 10.2. The summed E-state index contributed by atoms with van der Waals surface area (Å²) in [5, 5.41) is 2.79. The highest BCUT2D eigenvalue weighted by molar-refractivity contribution is 5.94. The molecule has 0 bridgehead atoms. The van der Waals surface area contributed by atoms with Crippen molar-refractivity contribution in [3.63, 3.8) is 0 Å². The van der Waals surface area contributed by atoms with Gasteiger partial charge in [-0.3, -0.25) is 9.59 Å². The summed E-state index contributed by atoms with van der Waals surface area (Å²) < 4.78 is 5.04. The molecule has 4 nitrogen and oxygen atoms in total. The van der Waals surface area contributed by atoms with Crippen LogP contribution in [0.1, 0.15) is 22.3 Å². The SMILES string of the molecule is Cc1ccc(CC(=O)OCC(=O)Nc2c(C)cccc2C)cc1. The molecule has 0 aliphatic heterocycles. The first-order chi connectivity index (χ1) is 11.0. The molecule has 0 aliphatic rings. The second-order valence-electron chi connectivity index (χ2n) is 5.64. The van der Waals surface area contributed by atoms with Gasteiger partial charge in [-0.05, 0) is 37.5 Å². The van der Waals surface area contributed by atoms with E-state index in [-0.39, 0.29) is 18.9 Å². The van der Waals surface area contributed by atoms with Crippen LogP contribution in [0.5, 0.6) is 0 Å². The zero-order valence-electron chi connectivity index (χ0n) is 13.7. The smallest absolute Gasteiger partial charge is 0.310 e. The summed E-state index contributed by atoms with van der Waals surface area (Å²) in [6.45, 7) is 5.55. The van der Waals surface area contributed by atoms with Crippen molar-refractivity contribution in [3.8, 4) is 0 Å². The predicted octanol–water partition coefficient (Wildman–Crippen LogP) is 3.34. The molecule has 4 heteroatoms. The summed E-state index contributed by atoms with van der Waals surface area (Å²) in [7, 11) is 0. The summed E-state index contributed by atoms with van der Waals surface area (Å²) in [5.41, 5.74) is 4.73. The van der Waals surface area contributed by atoms with Gasteiger partial charge in [0.15, 0.2) is 6.61 Å². The maximum Gasteiger partial charge on any atom is 0.310 e. The van der Waals surface area contributed by atoms with Crippen molar-refractivity contribution in [3.05, 3.63) is 64.7 Å². The Morgan fingerprint density at radius 2 is 1.57 bits per heavy atom. The van der Waals surface area contributed by atoms with Crippen LogP contribution < -0.4 is 5.32 Å². The molecule has 23 heavy (non-hydrogen) atoms. The second kappa shape index (κ2) is 7.58. The lowest BCUT2D eigenvalue weighted by Crippen LogP contribution is -2.22. The van der Waals surface area contributed by atoms with Gasteiger partial charge in [0.25, 0.3) is 5.91 Å². The molecule has 0 spiro atoms. The van der Waals surface area contributed by atoms with Gasteiger partial charge in [-0.25, -0.2) is 0 Å². The van der Waals surface area contributed by atoms with Crippen LogP contribution in [0.25, 0.3) is 0 Å². The number of nitrogens with one attached hydrogen (secondary N) is 1. The van der Waals surface area contributed by atoms with E-state index in [1.165, 1.54) is 0 Å². The molecule has 0 saturated carbocycles. The van der Waals surface area contributed by atoms with Crippen molar-refractivity contribution < 1.29 is 14.3 Å². The van der Waals surface area contributed by atoms with E-state index in [0.717, 1.165) is 27.9 Å². The number of hydrogen-bond acceptors (Lipinski definition) is 3. The minimum atomic E-state index is -0.412. The summed E-state index contributed by atoms with van der Waals surface area (Å²) in [4.78, 5) is 23.7. The second-order valence-corrected chi connectivity index (χ2v) is 5.64. The van der Waals surface area contributed by atoms with E-state index in [9.17, 15) is 9.59 Å². The van der Waals surface area contributed by atoms with Crippen LogP contribution in [0.3, 0.4) is 0 Å². The number of benzene rings is 2. The highest BCUT2D eigenvalue weighted by Crippen LogP contribution is 2.19. The van der Waals surface area contributed by atoms with E-state index in [2.05, 4.69) is 5.32 Å². The minimum Gasteiger partial charge on any atom is -0.455 e. The third-order valence-electron chi connectivity index (χ3n) is 3.58. The van der Waals surface area contributed by atoms with Gasteiger partial charge in [-0.1, -0.05) is 48.0 Å². The summed E-state index contributed by atoms with van der Waals surface area (Å²) in [5.74, 6) is -0.745. The Bertz CT molecular complexity index is 685. The monoisotopic (exact) mass is 311 g/mol. The minimum absolute atomic E-state index is 0.164. The number of para-hydroxylation sites is 1. The van der Waals surface area contributed by atoms with Crippen LogP contribution >= 0.6 is 0 Å². The van der Waals surface area contributed by atoms with Gasteiger partial charge in [-0.2, -0.15) is 0 Å². The van der Waals surface area contributed by atoms with Gasteiger partial charge in [0.2, 0.25) is 0 Å². The van der Waals surface area contributed by atoms with E-state index in [1.54, 1.807) is 0 Å². The van der Waals surface area contributed by atoms with Crippen molar-refractivity contribution in [1.29, 1.82) is 0 Å². The lowest BCUT2D eigenvalue weighted by molar-refractivity contribution is -0.146. The molecule has 2 rings (SSSR count). The van der Waals surface area contributed by atoms with Gasteiger partial charge in [0, 0.05) is 5.69 Å². The summed E-state index contributed by atoms with van der Waals surface area (Å²) >= 11 is 0. The Kier molecular flexibility index (Phi) is 5.52. The summed E-state index contributed by atoms with van der Waals surface area (Å²) in [6.07, 6.45) is 0.164. The number of carbonyl (C=O) groups is 2. The maximum atomic E-state index is 11.9. The van der Waals surface area contributed by atoms with Crippen molar-refractivity contribution in [2.75, 3.05) is 11.9 Å². The van der Waals surface area contributed by atoms with E-state index in [0.29, 0.717) is 0 Å². The number of esters is 1. The maximum absolute atomic E-state index is 11.9. The van der Waals surface area contributed by atoms with Crippen LogP contribution in [0.15, 0.2) is 42.5 Å². The molecule has 2 aromatic rings. The molecule has 0 radical (unpaired) electrons. The average Bonchev–Trinajstić information content (AvgIpc) is 2.51. The summed E-state index contributed by atoms with van der Waals surface area (Å²) in [6, 6.07) is 13.4. The van der Waals surface area contributed by atoms with Crippen molar-refractivity contribution in [1.82, 2.24) is 0 Å². The fourth-order valence-electron chi connectivity index (χ4n) is 2.26. The Morgan fingerprint density at radius 1 is 0.957 bits per heavy atom. The third kappa shape index (κ3) is 4.95. The lowest BCUT2D eigenvalue weighted by atomic mass is 10.1. The van der Waals surface area contributed by atoms with Crippen LogP contribution in [0.2, 0.25) is 0 Å². The molecule has 0 saturated heterocycles. The molecule has 0 fully saturated rings. The van der Waals surface area contributed by atoms with Gasteiger partial charge in [0.1, 0.15) is 0 Å². The average molecular weight is 311 g/mol. The fourth-order valence-corrected chi connectivity index (χ4v) is 2.26. The highest BCUT2D eigenvalue weighted by Gasteiger charge is 2.11. The van der Waals surface area contributed by atoms with Crippen LogP contribution in [-0.2, 0) is 20.7 Å². The van der Waals surface area contributed by atoms with Crippen molar-refractivity contribution in [2.24, 2.45) is 0 Å². The Labute approximate surface area is 136 Å². The number of aryl methyl sites for hydroxylation is 3. The van der Waals surface area contributed by atoms with Crippen molar-refractivity contribution >= 4 is 17.6 Å². The van der Waals surface area contributed by atoms with Crippen LogP contribution in [0.4, 0.5) is 5.69 Å². The standard InChI is InChI=1S/C19H21NO3/c1-13-7-9-16(10-8-13)11-18(22)23-12-17(21)20-19-14(2)5-4-6-15(19)3/h4-10H,11-12H2,1-3H3,(H,20,21). The third-order valence-corrected chi connectivity index (χ3v) is 3.58. The first kappa shape index (κ1) is 16.7. The molecule has 0 aromatic heterocycles. The Hall–Kier alpha value is -2.62. The molecule has 120 valence electrons. The Balaban J connectivity index is 1.84. The zero-order valence-corrected chi connectivity index (χ0v) is 13.7. The number of amides is 1. The largest absolute Gasteiger partial charge is 0.455 e. The van der Waals surface area contributed by atoms with Gasteiger partial charge >= 0.3 is 5.97 Å². The molecule has 0 heterocycles. The van der Waals surface area contributed by atoms with E-state index < -0.39 is 5.97 Å². The van der Waals surface area contributed by atoms with Crippen molar-refractivity contribution in [2.45, 2.75) is 27.2 Å². The lowest BCUT2D eigenvalue weighted by Gasteiger charge is -2.11. The fraction of sp³-hybridized carbons (Fsp3) is 0.263. The number of anilines is 1. The first-order valence-electron chi connectivity index (χ1n) is 7.53. The molecular formula is C19H21NO3. The molecule has 2 aromatic carbocycles. The molecular weight excluding hydrogens is 290 g/mol.